The number of carbonyl (C=O) groups excluding carboxylic acids is 1. The molecule has 0 aliphatic carbocycles. The summed E-state index contributed by atoms with van der Waals surface area (Å²) in [6.45, 7) is 0.322. The minimum atomic E-state index is -0.325. The van der Waals surface area contributed by atoms with Crippen molar-refractivity contribution in [1.29, 1.82) is 0 Å². The summed E-state index contributed by atoms with van der Waals surface area (Å²) in [5.41, 5.74) is 2.41. The lowest BCUT2D eigenvalue weighted by molar-refractivity contribution is 0.0952. The van der Waals surface area contributed by atoms with Gasteiger partial charge >= 0.3 is 0 Å². The molecule has 0 unspecified atom stereocenters. The Kier molecular flexibility index (Phi) is 4.72. The highest BCUT2D eigenvalue weighted by Gasteiger charge is 2.16. The van der Waals surface area contributed by atoms with Crippen molar-refractivity contribution in [3.63, 3.8) is 0 Å². The van der Waals surface area contributed by atoms with Gasteiger partial charge in [0, 0.05) is 23.9 Å². The van der Waals surface area contributed by atoms with E-state index in [4.69, 9.17) is 4.74 Å². The molecule has 0 spiro atoms. The van der Waals surface area contributed by atoms with E-state index in [1.54, 1.807) is 42.0 Å². The average molecular weight is 376 g/mol. The Morgan fingerprint density at radius 3 is 2.64 bits per heavy atom. The van der Waals surface area contributed by atoms with Crippen molar-refractivity contribution < 1.29 is 13.9 Å². The topological polar surface area (TPSA) is 68.5 Å². The van der Waals surface area contributed by atoms with E-state index in [9.17, 15) is 9.18 Å². The zero-order valence-electron chi connectivity index (χ0n) is 15.1. The first kappa shape index (κ1) is 17.7. The molecule has 7 heteroatoms. The van der Waals surface area contributed by atoms with Crippen LogP contribution in [0.4, 0.5) is 4.39 Å². The molecule has 1 N–H and O–H groups in total. The van der Waals surface area contributed by atoms with Gasteiger partial charge in [-0.3, -0.25) is 9.20 Å². The number of carbonyl (C=O) groups is 1. The molecular weight excluding hydrogens is 359 g/mol. The Bertz CT molecular complexity index is 1140. The summed E-state index contributed by atoms with van der Waals surface area (Å²) in [6, 6.07) is 16.9. The van der Waals surface area contributed by atoms with Gasteiger partial charge in [-0.05, 0) is 42.5 Å². The first-order valence-electron chi connectivity index (χ1n) is 8.67. The van der Waals surface area contributed by atoms with Crippen LogP contribution in [-0.2, 0) is 6.54 Å². The largest absolute Gasteiger partial charge is 0.496 e. The lowest BCUT2D eigenvalue weighted by atomic mass is 10.2. The third-order valence-electron chi connectivity index (χ3n) is 4.41. The van der Waals surface area contributed by atoms with Crippen molar-refractivity contribution >= 4 is 11.6 Å². The Hall–Kier alpha value is -3.74. The van der Waals surface area contributed by atoms with Crippen molar-refractivity contribution in [3.05, 3.63) is 83.8 Å². The molecule has 28 heavy (non-hydrogen) atoms. The Morgan fingerprint density at radius 2 is 1.86 bits per heavy atom. The number of halogens is 1. The number of fused-ring (bicyclic) bond motifs is 1. The molecule has 0 atom stereocenters. The SMILES string of the molecule is COc1ccccc1CNC(=O)c1cccn2c(-c3ccc(F)cc3)nnc12. The van der Waals surface area contributed by atoms with E-state index >= 15 is 0 Å². The second-order valence-electron chi connectivity index (χ2n) is 6.14. The van der Waals surface area contributed by atoms with Crippen LogP contribution in [0.2, 0.25) is 0 Å². The first-order chi connectivity index (χ1) is 13.7. The van der Waals surface area contributed by atoms with Crippen molar-refractivity contribution in [2.45, 2.75) is 6.54 Å². The summed E-state index contributed by atoms with van der Waals surface area (Å²) in [6.07, 6.45) is 1.77. The van der Waals surface area contributed by atoms with Gasteiger partial charge in [0.15, 0.2) is 11.5 Å². The van der Waals surface area contributed by atoms with Crippen LogP contribution in [0.3, 0.4) is 0 Å². The van der Waals surface area contributed by atoms with Crippen LogP contribution in [0.1, 0.15) is 15.9 Å². The second kappa shape index (κ2) is 7.48. The zero-order valence-corrected chi connectivity index (χ0v) is 15.1. The molecule has 2 aromatic carbocycles. The molecule has 0 aliphatic rings. The van der Waals surface area contributed by atoms with Crippen LogP contribution < -0.4 is 10.1 Å². The number of ether oxygens (including phenoxy) is 1. The molecule has 4 aromatic rings. The number of rotatable bonds is 5. The van der Waals surface area contributed by atoms with Crippen molar-refractivity contribution in [2.75, 3.05) is 7.11 Å². The van der Waals surface area contributed by atoms with Gasteiger partial charge in [-0.15, -0.1) is 10.2 Å². The van der Waals surface area contributed by atoms with Gasteiger partial charge < -0.3 is 10.1 Å². The summed E-state index contributed by atoms with van der Waals surface area (Å²) < 4.78 is 20.2. The summed E-state index contributed by atoms with van der Waals surface area (Å²) in [4.78, 5) is 12.7. The highest BCUT2D eigenvalue weighted by Crippen LogP contribution is 2.21. The zero-order chi connectivity index (χ0) is 19.5. The number of pyridine rings is 1. The lowest BCUT2D eigenvalue weighted by Gasteiger charge is -2.10. The van der Waals surface area contributed by atoms with Crippen LogP contribution in [0.25, 0.3) is 17.0 Å². The van der Waals surface area contributed by atoms with Crippen molar-refractivity contribution in [1.82, 2.24) is 19.9 Å². The van der Waals surface area contributed by atoms with Gasteiger partial charge in [0.05, 0.1) is 12.7 Å². The van der Waals surface area contributed by atoms with Crippen LogP contribution >= 0.6 is 0 Å². The molecule has 0 fully saturated rings. The molecule has 140 valence electrons. The van der Waals surface area contributed by atoms with E-state index in [0.29, 0.717) is 34.9 Å². The average Bonchev–Trinajstić information content (AvgIpc) is 3.17. The molecule has 0 saturated heterocycles. The van der Waals surface area contributed by atoms with Crippen LogP contribution in [0.15, 0.2) is 66.9 Å². The fourth-order valence-corrected chi connectivity index (χ4v) is 3.01. The Labute approximate surface area is 160 Å². The molecule has 2 heterocycles. The number of methoxy groups -OCH3 is 1. The fourth-order valence-electron chi connectivity index (χ4n) is 3.01. The Balaban J connectivity index is 1.62. The van der Waals surface area contributed by atoms with Gasteiger partial charge in [0.25, 0.3) is 5.91 Å². The molecule has 4 rings (SSSR count). The van der Waals surface area contributed by atoms with Crippen molar-refractivity contribution in [3.8, 4) is 17.1 Å². The normalized spacial score (nSPS) is 10.8. The highest BCUT2D eigenvalue weighted by atomic mass is 19.1. The monoisotopic (exact) mass is 376 g/mol. The molecular formula is C21H17FN4O2. The number of hydrogen-bond acceptors (Lipinski definition) is 4. The van der Waals surface area contributed by atoms with E-state index < -0.39 is 0 Å². The summed E-state index contributed by atoms with van der Waals surface area (Å²) in [5.74, 6) is 0.653. The summed E-state index contributed by atoms with van der Waals surface area (Å²) in [5, 5.41) is 11.2. The number of aromatic nitrogens is 3. The van der Waals surface area contributed by atoms with E-state index in [0.717, 1.165) is 5.56 Å². The molecule has 0 saturated carbocycles. The van der Waals surface area contributed by atoms with Crippen LogP contribution in [0.5, 0.6) is 5.75 Å². The van der Waals surface area contributed by atoms with E-state index in [-0.39, 0.29) is 11.7 Å². The quantitative estimate of drug-likeness (QED) is 0.579. The lowest BCUT2D eigenvalue weighted by Crippen LogP contribution is -2.23. The second-order valence-corrected chi connectivity index (χ2v) is 6.14. The van der Waals surface area contributed by atoms with E-state index in [2.05, 4.69) is 15.5 Å². The number of amides is 1. The van der Waals surface area contributed by atoms with Crippen molar-refractivity contribution in [2.24, 2.45) is 0 Å². The third kappa shape index (κ3) is 3.29. The number of benzene rings is 2. The fraction of sp³-hybridized carbons (Fsp3) is 0.0952. The number of para-hydroxylation sites is 1. The molecule has 0 radical (unpaired) electrons. The smallest absolute Gasteiger partial charge is 0.255 e. The summed E-state index contributed by atoms with van der Waals surface area (Å²) >= 11 is 0. The predicted molar refractivity (Wildman–Crippen MR) is 103 cm³/mol. The predicted octanol–water partition coefficient (Wildman–Crippen LogP) is 3.47. The molecule has 1 amide bonds. The highest BCUT2D eigenvalue weighted by molar-refractivity contribution is 6.00. The number of hydrogen-bond donors (Lipinski definition) is 1. The first-order valence-corrected chi connectivity index (χ1v) is 8.67. The van der Waals surface area contributed by atoms with Gasteiger partial charge in [-0.1, -0.05) is 18.2 Å². The minimum absolute atomic E-state index is 0.269. The standard InChI is InChI=1S/C21H17FN4O2/c1-28-18-7-3-2-5-15(18)13-23-21(27)17-6-4-12-26-19(24-25-20(17)26)14-8-10-16(22)11-9-14/h2-12H,13H2,1H3,(H,23,27). The van der Waals surface area contributed by atoms with Crippen LogP contribution in [-0.4, -0.2) is 27.6 Å². The third-order valence-corrected chi connectivity index (χ3v) is 4.41. The Morgan fingerprint density at radius 1 is 1.07 bits per heavy atom. The summed E-state index contributed by atoms with van der Waals surface area (Å²) in [7, 11) is 1.59. The van der Waals surface area contributed by atoms with Gasteiger partial charge in [-0.25, -0.2) is 4.39 Å². The molecule has 0 aliphatic heterocycles. The van der Waals surface area contributed by atoms with Gasteiger partial charge in [-0.2, -0.15) is 0 Å². The van der Waals surface area contributed by atoms with E-state index in [1.165, 1.54) is 12.1 Å². The molecule has 2 aromatic heterocycles. The maximum Gasteiger partial charge on any atom is 0.255 e. The van der Waals surface area contributed by atoms with E-state index in [1.807, 2.05) is 24.3 Å². The molecule has 6 nitrogen and oxygen atoms in total. The number of nitrogens with zero attached hydrogens (tertiary/aromatic N) is 3. The van der Waals surface area contributed by atoms with Gasteiger partial charge in [0.2, 0.25) is 0 Å². The maximum atomic E-state index is 13.2. The van der Waals surface area contributed by atoms with Gasteiger partial charge in [0.1, 0.15) is 11.6 Å². The maximum absolute atomic E-state index is 13.2. The minimum Gasteiger partial charge on any atom is -0.496 e. The van der Waals surface area contributed by atoms with Crippen LogP contribution in [0, 0.1) is 5.82 Å². The number of nitrogens with one attached hydrogen (secondary N) is 1. The molecule has 0 bridgehead atoms.